The van der Waals surface area contributed by atoms with Crippen LogP contribution in [0.15, 0.2) is 12.7 Å². The lowest BCUT2D eigenvalue weighted by Crippen LogP contribution is -2.69. The van der Waals surface area contributed by atoms with Crippen molar-refractivity contribution in [3.63, 3.8) is 0 Å². The fraction of sp³-hybridized carbons (Fsp3) is 0.912. The number of carbonyl (C=O) groups excluding carboxylic acids is 1. The van der Waals surface area contributed by atoms with Gasteiger partial charge in [0.25, 0.3) is 0 Å². The number of aliphatic hydroxyl groups is 1. The van der Waals surface area contributed by atoms with Gasteiger partial charge in [-0.15, -0.1) is 0 Å². The molecule has 4 rings (SSSR count). The molecule has 0 bridgehead atoms. The summed E-state index contributed by atoms with van der Waals surface area (Å²) in [6.07, 6.45) is 15.4. The molecular weight excluding hydrogens is 472 g/mol. The zero-order valence-electron chi connectivity index (χ0n) is 25.5. The molecule has 4 saturated carbocycles. The number of rotatable bonds is 11. The highest BCUT2D eigenvalue weighted by Gasteiger charge is 2.68. The molecule has 218 valence electrons. The number of unbranched alkanes of at least 4 members (excludes halogenated alkanes) is 1. The van der Waals surface area contributed by atoms with Gasteiger partial charge >= 0.3 is 5.97 Å². The van der Waals surface area contributed by atoms with Gasteiger partial charge in [0, 0.05) is 24.5 Å². The van der Waals surface area contributed by atoms with E-state index in [0.717, 1.165) is 56.5 Å². The summed E-state index contributed by atoms with van der Waals surface area (Å²) in [7, 11) is 0. The lowest BCUT2D eigenvalue weighted by molar-refractivity contribution is -0.272. The maximum atomic E-state index is 12.6. The van der Waals surface area contributed by atoms with Gasteiger partial charge in [-0.25, -0.2) is 4.79 Å². The smallest absolute Gasteiger partial charge is 0.330 e. The summed E-state index contributed by atoms with van der Waals surface area (Å²) < 4.78 is 12.3. The van der Waals surface area contributed by atoms with Crippen molar-refractivity contribution in [2.75, 3.05) is 6.61 Å². The standard InChI is InChI=1S/C34H58O4/c1-8-10-20-37-25-16-19-33(7)29-17-18-32(6)27(24(5)13-11-12-23(3)4)14-15-28(32)26(29)21-30(34(33,36)22-25)38-31(35)9-2/h9,23-30,36H,2,8,10-22H2,1,3-7H3/t24-,25+,26+,27-,28+,29+,30-,32-,33-,34+/m1/s1. The topological polar surface area (TPSA) is 55.8 Å². The Morgan fingerprint density at radius 3 is 2.50 bits per heavy atom. The molecule has 1 N–H and O–H groups in total. The first-order valence-electron chi connectivity index (χ1n) is 16.2. The average molecular weight is 531 g/mol. The van der Waals surface area contributed by atoms with Crippen molar-refractivity contribution in [3.05, 3.63) is 12.7 Å². The summed E-state index contributed by atoms with van der Waals surface area (Å²) >= 11 is 0. The van der Waals surface area contributed by atoms with Gasteiger partial charge in [0.05, 0.1) is 6.10 Å². The van der Waals surface area contributed by atoms with Crippen LogP contribution in [0.2, 0.25) is 0 Å². The van der Waals surface area contributed by atoms with Gasteiger partial charge in [-0.05, 0) is 92.3 Å². The molecule has 10 atom stereocenters. The molecule has 0 unspecified atom stereocenters. The molecule has 4 heteroatoms. The second-order valence-electron chi connectivity index (χ2n) is 14.7. The van der Waals surface area contributed by atoms with Gasteiger partial charge in [0.2, 0.25) is 0 Å². The predicted molar refractivity (Wildman–Crippen MR) is 155 cm³/mol. The maximum Gasteiger partial charge on any atom is 0.330 e. The Morgan fingerprint density at radius 1 is 1.05 bits per heavy atom. The van der Waals surface area contributed by atoms with E-state index >= 15 is 0 Å². The summed E-state index contributed by atoms with van der Waals surface area (Å²) in [4.78, 5) is 12.6. The van der Waals surface area contributed by atoms with Crippen LogP contribution < -0.4 is 0 Å². The van der Waals surface area contributed by atoms with Crippen molar-refractivity contribution < 1.29 is 19.4 Å². The van der Waals surface area contributed by atoms with Crippen LogP contribution in [-0.4, -0.2) is 35.5 Å². The third-order valence-corrected chi connectivity index (χ3v) is 12.3. The molecular formula is C34H58O4. The van der Waals surface area contributed by atoms with Crippen molar-refractivity contribution in [2.24, 2.45) is 46.3 Å². The molecule has 38 heavy (non-hydrogen) atoms. The van der Waals surface area contributed by atoms with Crippen LogP contribution >= 0.6 is 0 Å². The Morgan fingerprint density at radius 2 is 1.82 bits per heavy atom. The molecule has 0 heterocycles. The van der Waals surface area contributed by atoms with Gasteiger partial charge in [0.15, 0.2) is 0 Å². The van der Waals surface area contributed by atoms with Gasteiger partial charge in [-0.2, -0.15) is 0 Å². The van der Waals surface area contributed by atoms with E-state index in [4.69, 9.17) is 9.47 Å². The van der Waals surface area contributed by atoms with Crippen LogP contribution in [0.25, 0.3) is 0 Å². The monoisotopic (exact) mass is 530 g/mol. The molecule has 0 saturated heterocycles. The highest BCUT2D eigenvalue weighted by atomic mass is 16.6. The van der Waals surface area contributed by atoms with Gasteiger partial charge < -0.3 is 14.6 Å². The van der Waals surface area contributed by atoms with Crippen LogP contribution in [0.5, 0.6) is 0 Å². The molecule has 4 aliphatic rings. The van der Waals surface area contributed by atoms with E-state index in [1.165, 1.54) is 51.0 Å². The van der Waals surface area contributed by atoms with E-state index in [0.29, 0.717) is 29.6 Å². The van der Waals surface area contributed by atoms with E-state index < -0.39 is 17.7 Å². The van der Waals surface area contributed by atoms with Crippen molar-refractivity contribution in [3.8, 4) is 0 Å². The summed E-state index contributed by atoms with van der Waals surface area (Å²) in [6.45, 7) is 18.7. The highest BCUT2D eigenvalue weighted by molar-refractivity contribution is 5.81. The molecule has 0 aromatic rings. The van der Waals surface area contributed by atoms with Crippen LogP contribution in [0.3, 0.4) is 0 Å². The first-order valence-corrected chi connectivity index (χ1v) is 16.2. The van der Waals surface area contributed by atoms with Crippen molar-refractivity contribution in [1.82, 2.24) is 0 Å². The summed E-state index contributed by atoms with van der Waals surface area (Å²) in [5.41, 5.74) is -0.940. The molecule has 4 fully saturated rings. The van der Waals surface area contributed by atoms with E-state index in [9.17, 15) is 9.90 Å². The lowest BCUT2D eigenvalue weighted by Gasteiger charge is -2.65. The van der Waals surface area contributed by atoms with Crippen LogP contribution in [0, 0.1) is 46.3 Å². The third kappa shape index (κ3) is 5.39. The quantitative estimate of drug-likeness (QED) is 0.166. The zero-order chi connectivity index (χ0) is 27.7. The number of esters is 1. The molecule has 0 spiro atoms. The Kier molecular flexibility index (Phi) is 9.45. The SMILES string of the molecule is C=CC(=O)O[C@@H]1C[C@H]2[C@@H]3CC[C@H]([C@H](C)CCCC(C)C)[C@@]3(C)CC[C@@H]2[C@@]2(C)CC[C@H](OCCCC)C[C@]12O. The minimum Gasteiger partial charge on any atom is -0.456 e. The maximum absolute atomic E-state index is 12.6. The third-order valence-electron chi connectivity index (χ3n) is 12.3. The first-order chi connectivity index (χ1) is 18.0. The van der Waals surface area contributed by atoms with E-state index in [1.54, 1.807) is 0 Å². The molecule has 0 amide bonds. The molecule has 4 nitrogen and oxygen atoms in total. The van der Waals surface area contributed by atoms with Crippen molar-refractivity contribution in [1.29, 1.82) is 0 Å². The predicted octanol–water partition coefficient (Wildman–Crippen LogP) is 8.12. The van der Waals surface area contributed by atoms with Gasteiger partial charge in [-0.1, -0.05) is 73.8 Å². The van der Waals surface area contributed by atoms with Gasteiger partial charge in [-0.3, -0.25) is 0 Å². The minimum atomic E-state index is -1.04. The number of fused-ring (bicyclic) bond motifs is 5. The van der Waals surface area contributed by atoms with E-state index in [1.807, 2.05) is 0 Å². The number of hydrogen-bond acceptors (Lipinski definition) is 4. The second-order valence-corrected chi connectivity index (χ2v) is 14.7. The number of hydrogen-bond donors (Lipinski definition) is 1. The Balaban J connectivity index is 1.57. The fourth-order valence-corrected chi connectivity index (χ4v) is 10.1. The lowest BCUT2D eigenvalue weighted by atomic mass is 9.42. The fourth-order valence-electron chi connectivity index (χ4n) is 10.1. The Bertz CT molecular complexity index is 823. The summed E-state index contributed by atoms with van der Waals surface area (Å²) in [6, 6.07) is 0. The largest absolute Gasteiger partial charge is 0.456 e. The molecule has 4 aliphatic carbocycles. The van der Waals surface area contributed by atoms with Crippen LogP contribution in [-0.2, 0) is 14.3 Å². The van der Waals surface area contributed by atoms with Gasteiger partial charge in [0.1, 0.15) is 11.7 Å². The van der Waals surface area contributed by atoms with Crippen LogP contribution in [0.1, 0.15) is 125 Å². The second kappa shape index (κ2) is 11.9. The minimum absolute atomic E-state index is 0.0394. The Hall–Kier alpha value is -0.870. The summed E-state index contributed by atoms with van der Waals surface area (Å²) in [5.74, 6) is 3.58. The first kappa shape index (κ1) is 30.1. The van der Waals surface area contributed by atoms with E-state index in [-0.39, 0.29) is 11.5 Å². The number of ether oxygens (including phenoxy) is 2. The normalized spacial score (nSPS) is 43.2. The van der Waals surface area contributed by atoms with Crippen LogP contribution in [0.4, 0.5) is 0 Å². The van der Waals surface area contributed by atoms with Crippen molar-refractivity contribution >= 4 is 5.97 Å². The zero-order valence-corrected chi connectivity index (χ0v) is 25.5. The highest BCUT2D eigenvalue weighted by Crippen LogP contribution is 2.69. The molecule has 0 aromatic heterocycles. The Labute approximate surface area is 233 Å². The molecule has 0 aromatic carbocycles. The average Bonchev–Trinajstić information content (AvgIpc) is 3.22. The molecule has 0 aliphatic heterocycles. The summed E-state index contributed by atoms with van der Waals surface area (Å²) in [5, 5.41) is 12.5. The van der Waals surface area contributed by atoms with E-state index in [2.05, 4.69) is 48.1 Å². The van der Waals surface area contributed by atoms with Crippen molar-refractivity contribution in [2.45, 2.75) is 143 Å². The number of carbonyl (C=O) groups is 1. The molecule has 0 radical (unpaired) electrons.